The van der Waals surface area contributed by atoms with Crippen LogP contribution in [-0.4, -0.2) is 0 Å². The maximum absolute atomic E-state index is 2.61. The number of benzene rings is 4. The number of aryl methyl sites for hydroxylation is 2. The largest absolute Gasteiger partial charge is 0.145 e. The lowest BCUT2D eigenvalue weighted by Crippen LogP contribution is -2.31. The summed E-state index contributed by atoms with van der Waals surface area (Å²) in [6.07, 6.45) is 2.54. The molecule has 2 unspecified atom stereocenters. The maximum atomic E-state index is 2.61. The van der Waals surface area contributed by atoms with Crippen LogP contribution in [0.15, 0.2) is 127 Å². The molecule has 1 heterocycles. The van der Waals surface area contributed by atoms with Gasteiger partial charge in [0.15, 0.2) is 0 Å². The molecule has 0 saturated heterocycles. The zero-order valence-corrected chi connectivity index (χ0v) is 28.4. The van der Waals surface area contributed by atoms with Crippen LogP contribution >= 0.6 is 27.2 Å². The number of hydrogen-bond acceptors (Lipinski definition) is 1. The van der Waals surface area contributed by atoms with Gasteiger partial charge in [-0.15, -0.1) is 11.3 Å². The quantitative estimate of drug-likeness (QED) is 0.160. The predicted molar refractivity (Wildman–Crippen MR) is 193 cm³/mol. The normalized spacial score (nSPS) is 20.9. The van der Waals surface area contributed by atoms with Crippen molar-refractivity contribution in [2.75, 3.05) is 0 Å². The highest BCUT2D eigenvalue weighted by Crippen LogP contribution is 2.76. The number of fused-ring (bicyclic) bond motifs is 2. The third-order valence-corrected chi connectivity index (χ3v) is 16.8. The minimum absolute atomic E-state index is 0.124. The van der Waals surface area contributed by atoms with E-state index in [1.807, 2.05) is 11.3 Å². The van der Waals surface area contributed by atoms with Crippen molar-refractivity contribution >= 4 is 59.3 Å². The van der Waals surface area contributed by atoms with Crippen molar-refractivity contribution in [1.29, 1.82) is 0 Å². The number of allylic oxidation sites excluding steroid dienone is 2. The Kier molecular flexibility index (Phi) is 7.58. The minimum Gasteiger partial charge on any atom is -0.145 e. The SMILES string of the molecule is Cc1sc(C)c(P(c2ccccc2)c2ccccc2)c1C1=C(P(c2ccccc2)c2ccccc2)C2CCC1(C)C2(C)C. The fraction of sp³-hybridized carbons (Fsp3) is 0.250. The van der Waals surface area contributed by atoms with E-state index >= 15 is 0 Å². The molecule has 0 nitrogen and oxygen atoms in total. The summed E-state index contributed by atoms with van der Waals surface area (Å²) in [5.74, 6) is 0.575. The Morgan fingerprint density at radius 2 is 1.00 bits per heavy atom. The van der Waals surface area contributed by atoms with Gasteiger partial charge >= 0.3 is 0 Å². The van der Waals surface area contributed by atoms with Gasteiger partial charge in [-0.3, -0.25) is 0 Å². The highest BCUT2D eigenvalue weighted by Gasteiger charge is 2.62. The van der Waals surface area contributed by atoms with Gasteiger partial charge in [0.2, 0.25) is 0 Å². The monoisotopic (exact) mass is 614 g/mol. The van der Waals surface area contributed by atoms with Gasteiger partial charge in [-0.2, -0.15) is 0 Å². The molecule has 2 aliphatic rings. The molecule has 2 aliphatic carbocycles. The van der Waals surface area contributed by atoms with E-state index < -0.39 is 15.8 Å². The van der Waals surface area contributed by atoms with Gasteiger partial charge in [-0.25, -0.2) is 0 Å². The zero-order valence-electron chi connectivity index (χ0n) is 25.8. The van der Waals surface area contributed by atoms with Crippen molar-refractivity contribution in [1.82, 2.24) is 0 Å². The molecule has 4 aromatic carbocycles. The summed E-state index contributed by atoms with van der Waals surface area (Å²) in [5, 5.41) is 9.15. The Morgan fingerprint density at radius 1 is 0.581 bits per heavy atom. The molecule has 0 amide bonds. The highest BCUT2D eigenvalue weighted by molar-refractivity contribution is 7.80. The first-order valence-electron chi connectivity index (χ1n) is 15.5. The molecular formula is C40H40P2S. The first-order chi connectivity index (χ1) is 20.8. The molecule has 1 aromatic heterocycles. The molecule has 0 radical (unpaired) electrons. The van der Waals surface area contributed by atoms with Crippen LogP contribution in [0.3, 0.4) is 0 Å². The van der Waals surface area contributed by atoms with Crippen LogP contribution in [0, 0.1) is 30.6 Å². The number of hydrogen-bond donors (Lipinski definition) is 0. The summed E-state index contributed by atoms with van der Waals surface area (Å²) >= 11 is 2.02. The van der Waals surface area contributed by atoms with Crippen LogP contribution in [0.1, 0.15) is 48.9 Å². The summed E-state index contributed by atoms with van der Waals surface area (Å²) in [6, 6.07) is 45.5. The molecule has 1 fully saturated rings. The van der Waals surface area contributed by atoms with Crippen LogP contribution in [0.2, 0.25) is 0 Å². The summed E-state index contributed by atoms with van der Waals surface area (Å²) in [6.45, 7) is 12.6. The average Bonchev–Trinajstić information content (AvgIpc) is 3.51. The van der Waals surface area contributed by atoms with Crippen molar-refractivity contribution in [3.8, 4) is 0 Å². The van der Waals surface area contributed by atoms with Gasteiger partial charge in [-0.1, -0.05) is 142 Å². The Labute approximate surface area is 264 Å². The number of thiophene rings is 1. The molecule has 0 aliphatic heterocycles. The topological polar surface area (TPSA) is 0 Å². The maximum Gasteiger partial charge on any atom is 0.0107 e. The highest BCUT2D eigenvalue weighted by atomic mass is 32.1. The van der Waals surface area contributed by atoms with E-state index in [1.54, 1.807) is 21.8 Å². The second-order valence-electron chi connectivity index (χ2n) is 12.9. The van der Waals surface area contributed by atoms with Crippen LogP contribution in [0.4, 0.5) is 0 Å². The van der Waals surface area contributed by atoms with Crippen molar-refractivity contribution in [2.45, 2.75) is 47.5 Å². The first kappa shape index (κ1) is 28.9. The predicted octanol–water partition coefficient (Wildman–Crippen LogP) is 9.42. The third kappa shape index (κ3) is 4.63. The molecular weight excluding hydrogens is 574 g/mol. The lowest BCUT2D eigenvalue weighted by atomic mass is 9.66. The van der Waals surface area contributed by atoms with E-state index in [4.69, 9.17) is 0 Å². The van der Waals surface area contributed by atoms with Crippen molar-refractivity contribution < 1.29 is 0 Å². The van der Waals surface area contributed by atoms with E-state index in [-0.39, 0.29) is 10.8 Å². The lowest BCUT2D eigenvalue weighted by Gasteiger charge is -2.38. The summed E-state index contributed by atoms with van der Waals surface area (Å²) in [5.41, 5.74) is 3.58. The van der Waals surface area contributed by atoms with E-state index in [2.05, 4.69) is 156 Å². The minimum atomic E-state index is -0.709. The van der Waals surface area contributed by atoms with Gasteiger partial charge in [0.05, 0.1) is 0 Å². The molecule has 0 spiro atoms. The molecule has 216 valence electrons. The lowest BCUT2D eigenvalue weighted by molar-refractivity contribution is 0.189. The van der Waals surface area contributed by atoms with E-state index in [9.17, 15) is 0 Å². The third-order valence-electron chi connectivity index (χ3n) is 10.4. The fourth-order valence-electron chi connectivity index (χ4n) is 7.93. The average molecular weight is 615 g/mol. The Morgan fingerprint density at radius 3 is 1.44 bits per heavy atom. The summed E-state index contributed by atoms with van der Waals surface area (Å²) < 4.78 is 0. The van der Waals surface area contributed by atoms with Gasteiger partial charge in [0.25, 0.3) is 0 Å². The second kappa shape index (κ2) is 11.3. The zero-order chi connectivity index (χ0) is 29.8. The van der Waals surface area contributed by atoms with E-state index in [0.29, 0.717) is 5.92 Å². The van der Waals surface area contributed by atoms with Crippen LogP contribution in [0.25, 0.3) is 5.57 Å². The standard InChI is InChI=1S/C40H40P2S/c1-28-35(37(29(2)43-28)41(30-18-10-6-11-19-30)31-20-12-7-13-21-31)36-38(34-26-27-40(36,5)39(34,3)4)42(32-22-14-8-15-23-32)33-24-16-9-17-25-33/h6-25,34H,26-27H2,1-5H3. The van der Waals surface area contributed by atoms with E-state index in [1.165, 1.54) is 43.8 Å². The Bertz CT molecular complexity index is 1690. The smallest absolute Gasteiger partial charge is 0.0107 e. The van der Waals surface area contributed by atoms with Crippen LogP contribution in [-0.2, 0) is 0 Å². The summed E-state index contributed by atoms with van der Waals surface area (Å²) in [4.78, 5) is 2.96. The molecule has 1 saturated carbocycles. The Hall–Kier alpha value is -2.82. The van der Waals surface area contributed by atoms with Crippen LogP contribution < -0.4 is 26.5 Å². The molecule has 2 bridgehead atoms. The van der Waals surface area contributed by atoms with Gasteiger partial charge in [0.1, 0.15) is 0 Å². The fourth-order valence-corrected chi connectivity index (χ4v) is 15.1. The summed E-state index contributed by atoms with van der Waals surface area (Å²) in [7, 11) is -1.38. The molecule has 0 N–H and O–H groups in total. The van der Waals surface area contributed by atoms with E-state index in [0.717, 1.165) is 0 Å². The molecule has 3 heteroatoms. The van der Waals surface area contributed by atoms with Gasteiger partial charge < -0.3 is 0 Å². The molecule has 7 rings (SSSR count). The van der Waals surface area contributed by atoms with Crippen molar-refractivity contribution in [3.05, 3.63) is 142 Å². The van der Waals surface area contributed by atoms with Crippen molar-refractivity contribution in [3.63, 3.8) is 0 Å². The van der Waals surface area contributed by atoms with Crippen molar-refractivity contribution in [2.24, 2.45) is 16.7 Å². The van der Waals surface area contributed by atoms with Crippen LogP contribution in [0.5, 0.6) is 0 Å². The first-order valence-corrected chi connectivity index (χ1v) is 19.0. The second-order valence-corrected chi connectivity index (χ2v) is 18.6. The van der Waals surface area contributed by atoms with Gasteiger partial charge in [0, 0.05) is 20.6 Å². The molecule has 5 aromatic rings. The number of rotatable bonds is 7. The Balaban J connectivity index is 1.57. The van der Waals surface area contributed by atoms with Gasteiger partial charge in [-0.05, 0) is 91.4 Å². The molecule has 43 heavy (non-hydrogen) atoms. The molecule has 2 atom stereocenters.